The zero-order valence-corrected chi connectivity index (χ0v) is 13.4. The molecule has 0 radical (unpaired) electrons. The van der Waals surface area contributed by atoms with Crippen LogP contribution in [-0.2, 0) is 6.18 Å². The van der Waals surface area contributed by atoms with Crippen LogP contribution in [0.25, 0.3) is 11.2 Å². The highest BCUT2D eigenvalue weighted by Crippen LogP contribution is 2.31. The van der Waals surface area contributed by atoms with Crippen molar-refractivity contribution in [3.63, 3.8) is 0 Å². The van der Waals surface area contributed by atoms with Gasteiger partial charge in [0.2, 0.25) is 5.28 Å². The van der Waals surface area contributed by atoms with Crippen LogP contribution in [0.2, 0.25) is 5.28 Å². The number of imidazole rings is 1. The van der Waals surface area contributed by atoms with Gasteiger partial charge in [-0.2, -0.15) is 23.1 Å². The van der Waals surface area contributed by atoms with Crippen LogP contribution in [-0.4, -0.2) is 24.5 Å². The average molecular weight is 357 g/mol. The third-order valence-corrected chi connectivity index (χ3v) is 3.43. The van der Waals surface area contributed by atoms with E-state index in [1.807, 2.05) is 13.8 Å². The molecule has 3 heterocycles. The van der Waals surface area contributed by atoms with E-state index in [2.05, 4.69) is 25.3 Å². The fourth-order valence-electron chi connectivity index (χ4n) is 2.16. The number of alkyl halides is 3. The molecule has 0 fully saturated rings. The first-order chi connectivity index (χ1) is 11.3. The monoisotopic (exact) mass is 356 g/mol. The van der Waals surface area contributed by atoms with E-state index < -0.39 is 11.9 Å². The fraction of sp³-hybridized carbons (Fsp3) is 0.286. The molecule has 0 aliphatic carbocycles. The zero-order chi connectivity index (χ0) is 17.5. The maximum absolute atomic E-state index is 12.8. The Morgan fingerprint density at radius 1 is 1.21 bits per heavy atom. The van der Waals surface area contributed by atoms with Gasteiger partial charge in [-0.1, -0.05) is 0 Å². The van der Waals surface area contributed by atoms with Gasteiger partial charge >= 0.3 is 6.18 Å². The van der Waals surface area contributed by atoms with Gasteiger partial charge in [0.15, 0.2) is 17.0 Å². The number of aromatic nitrogens is 5. The molecule has 0 aromatic carbocycles. The van der Waals surface area contributed by atoms with Gasteiger partial charge < -0.3 is 9.88 Å². The molecule has 10 heteroatoms. The maximum Gasteiger partial charge on any atom is 0.433 e. The molecule has 0 spiro atoms. The van der Waals surface area contributed by atoms with Gasteiger partial charge in [0, 0.05) is 17.9 Å². The number of hydrogen-bond donors (Lipinski definition) is 1. The number of pyridine rings is 1. The summed E-state index contributed by atoms with van der Waals surface area (Å²) in [7, 11) is 0. The first-order valence-electron chi connectivity index (χ1n) is 6.96. The molecule has 0 amide bonds. The van der Waals surface area contributed by atoms with Crippen molar-refractivity contribution in [2.45, 2.75) is 26.1 Å². The third-order valence-electron chi connectivity index (χ3n) is 3.26. The third kappa shape index (κ3) is 3.12. The molecule has 3 aromatic rings. The molecule has 0 aliphatic heterocycles. The smallest absolute Gasteiger partial charge is 0.338 e. The first-order valence-corrected chi connectivity index (χ1v) is 7.34. The largest absolute Gasteiger partial charge is 0.433 e. The van der Waals surface area contributed by atoms with Crippen LogP contribution in [0.15, 0.2) is 24.7 Å². The molecular weight excluding hydrogens is 345 g/mol. The lowest BCUT2D eigenvalue weighted by molar-refractivity contribution is -0.141. The minimum absolute atomic E-state index is 0.0301. The Bertz CT molecular complexity index is 890. The van der Waals surface area contributed by atoms with Crippen molar-refractivity contribution < 1.29 is 13.2 Å². The zero-order valence-electron chi connectivity index (χ0n) is 12.6. The number of nitrogens with one attached hydrogen (secondary N) is 1. The molecule has 0 atom stereocenters. The summed E-state index contributed by atoms with van der Waals surface area (Å²) in [6.45, 7) is 3.89. The summed E-state index contributed by atoms with van der Waals surface area (Å²) < 4.78 is 40.1. The van der Waals surface area contributed by atoms with Crippen molar-refractivity contribution in [1.82, 2.24) is 24.5 Å². The summed E-state index contributed by atoms with van der Waals surface area (Å²) in [5.74, 6) is 0.226. The van der Waals surface area contributed by atoms with E-state index in [0.29, 0.717) is 11.2 Å². The van der Waals surface area contributed by atoms with Crippen molar-refractivity contribution in [3.05, 3.63) is 35.6 Å². The minimum atomic E-state index is -4.53. The summed E-state index contributed by atoms with van der Waals surface area (Å²) in [4.78, 5) is 15.7. The Kier molecular flexibility index (Phi) is 4.04. The summed E-state index contributed by atoms with van der Waals surface area (Å²) in [5.41, 5.74) is 0.0835. The van der Waals surface area contributed by atoms with Gasteiger partial charge in [-0.3, -0.25) is 4.98 Å². The van der Waals surface area contributed by atoms with Gasteiger partial charge in [0.1, 0.15) is 5.69 Å². The normalized spacial score (nSPS) is 12.1. The number of fused-ring (bicyclic) bond motifs is 1. The lowest BCUT2D eigenvalue weighted by Gasteiger charge is -2.11. The Balaban J connectivity index is 2.05. The van der Waals surface area contributed by atoms with Gasteiger partial charge in [-0.25, -0.2) is 4.98 Å². The van der Waals surface area contributed by atoms with E-state index in [9.17, 15) is 13.2 Å². The molecule has 1 N–H and O–H groups in total. The van der Waals surface area contributed by atoms with Gasteiger partial charge in [-0.05, 0) is 37.6 Å². The number of nitrogens with zero attached hydrogens (tertiary/aromatic N) is 5. The molecule has 6 nitrogen and oxygen atoms in total. The number of rotatable bonds is 3. The summed E-state index contributed by atoms with van der Waals surface area (Å²) in [6.07, 6.45) is -1.88. The Labute approximate surface area is 139 Å². The average Bonchev–Trinajstić information content (AvgIpc) is 2.90. The molecule has 3 aromatic heterocycles. The molecule has 126 valence electrons. The molecule has 0 unspecified atom stereocenters. The van der Waals surface area contributed by atoms with E-state index >= 15 is 0 Å². The second-order valence-electron chi connectivity index (χ2n) is 5.31. The van der Waals surface area contributed by atoms with Crippen LogP contribution in [0.4, 0.5) is 24.7 Å². The van der Waals surface area contributed by atoms with E-state index in [4.69, 9.17) is 11.6 Å². The maximum atomic E-state index is 12.8. The molecule has 0 aliphatic rings. The number of halogens is 4. The molecule has 0 saturated carbocycles. The van der Waals surface area contributed by atoms with Crippen LogP contribution in [0.1, 0.15) is 25.6 Å². The lowest BCUT2D eigenvalue weighted by atomic mass is 10.3. The Morgan fingerprint density at radius 2 is 1.96 bits per heavy atom. The molecular formula is C14H12ClF3N6. The summed E-state index contributed by atoms with van der Waals surface area (Å²) in [6, 6.07) is 2.38. The van der Waals surface area contributed by atoms with Crippen LogP contribution in [0, 0.1) is 0 Å². The van der Waals surface area contributed by atoms with E-state index in [0.717, 1.165) is 12.3 Å². The summed E-state index contributed by atoms with van der Waals surface area (Å²) in [5, 5.41) is 2.77. The van der Waals surface area contributed by atoms with Crippen LogP contribution >= 0.6 is 11.6 Å². The standard InChI is InChI=1S/C14H12ClF3N6/c1-7(2)24-6-20-10-11(22-13(15)23-12(10)24)21-8-3-4-19-9(5-8)14(16,17)18/h3-7H,1-2H3,(H,19,21,22,23). The first kappa shape index (κ1) is 16.4. The molecule has 0 bridgehead atoms. The second-order valence-corrected chi connectivity index (χ2v) is 5.65. The van der Waals surface area contributed by atoms with E-state index in [1.54, 1.807) is 10.9 Å². The predicted molar refractivity (Wildman–Crippen MR) is 83.2 cm³/mol. The number of hydrogen-bond acceptors (Lipinski definition) is 5. The second kappa shape index (κ2) is 5.90. The van der Waals surface area contributed by atoms with E-state index in [1.165, 1.54) is 6.07 Å². The van der Waals surface area contributed by atoms with Crippen molar-refractivity contribution in [1.29, 1.82) is 0 Å². The van der Waals surface area contributed by atoms with Crippen molar-refractivity contribution in [3.8, 4) is 0 Å². The predicted octanol–water partition coefficient (Wildman–Crippen LogP) is 4.22. The molecule has 3 rings (SSSR count). The highest BCUT2D eigenvalue weighted by atomic mass is 35.5. The van der Waals surface area contributed by atoms with Gasteiger partial charge in [-0.15, -0.1) is 0 Å². The van der Waals surface area contributed by atoms with Crippen LogP contribution < -0.4 is 5.32 Å². The van der Waals surface area contributed by atoms with Crippen molar-refractivity contribution in [2.75, 3.05) is 5.32 Å². The van der Waals surface area contributed by atoms with Crippen molar-refractivity contribution >= 4 is 34.3 Å². The summed E-state index contributed by atoms with van der Waals surface area (Å²) >= 11 is 5.93. The topological polar surface area (TPSA) is 68.5 Å². The highest BCUT2D eigenvalue weighted by Gasteiger charge is 2.32. The highest BCUT2D eigenvalue weighted by molar-refractivity contribution is 6.28. The van der Waals surface area contributed by atoms with E-state index in [-0.39, 0.29) is 22.8 Å². The minimum Gasteiger partial charge on any atom is -0.338 e. The molecule has 24 heavy (non-hydrogen) atoms. The van der Waals surface area contributed by atoms with Gasteiger partial charge in [0.25, 0.3) is 0 Å². The fourth-order valence-corrected chi connectivity index (χ4v) is 2.32. The quantitative estimate of drug-likeness (QED) is 0.712. The molecule has 0 saturated heterocycles. The van der Waals surface area contributed by atoms with Gasteiger partial charge in [0.05, 0.1) is 6.33 Å². The Morgan fingerprint density at radius 3 is 2.62 bits per heavy atom. The van der Waals surface area contributed by atoms with Crippen LogP contribution in [0.5, 0.6) is 0 Å². The lowest BCUT2D eigenvalue weighted by Crippen LogP contribution is -2.08. The SMILES string of the molecule is CC(C)n1cnc2c(Nc3ccnc(C(F)(F)F)c3)nc(Cl)nc21. The Hall–Kier alpha value is -2.42. The van der Waals surface area contributed by atoms with Crippen molar-refractivity contribution in [2.24, 2.45) is 0 Å². The number of anilines is 2. The van der Waals surface area contributed by atoms with Crippen LogP contribution in [0.3, 0.4) is 0 Å².